The van der Waals surface area contributed by atoms with Gasteiger partial charge < -0.3 is 9.84 Å². The minimum Gasteiger partial charge on any atom is -0.504 e. The number of ether oxygens (including phenoxy) is 1. The molecular formula is C14H23NO2. The van der Waals surface area contributed by atoms with Gasteiger partial charge in [-0.3, -0.25) is 4.90 Å². The van der Waals surface area contributed by atoms with E-state index in [2.05, 4.69) is 32.7 Å². The standard InChI is InChI=1S/C14H23NO2/c1-10(2)11(3)15(4)9-12-7-6-8-13(17-5)14(12)16/h6-8,10-11,16H,9H2,1-5H3. The highest BCUT2D eigenvalue weighted by Crippen LogP contribution is 2.30. The van der Waals surface area contributed by atoms with Gasteiger partial charge >= 0.3 is 0 Å². The van der Waals surface area contributed by atoms with E-state index >= 15 is 0 Å². The van der Waals surface area contributed by atoms with Crippen molar-refractivity contribution in [1.82, 2.24) is 4.90 Å². The fraction of sp³-hybridized carbons (Fsp3) is 0.571. The van der Waals surface area contributed by atoms with Crippen LogP contribution >= 0.6 is 0 Å². The molecule has 1 aromatic rings. The summed E-state index contributed by atoms with van der Waals surface area (Å²) < 4.78 is 5.11. The normalized spacial score (nSPS) is 13.1. The fourth-order valence-electron chi connectivity index (χ4n) is 1.78. The van der Waals surface area contributed by atoms with Crippen LogP contribution in [0.4, 0.5) is 0 Å². The van der Waals surface area contributed by atoms with Gasteiger partial charge in [-0.2, -0.15) is 0 Å². The van der Waals surface area contributed by atoms with Crippen LogP contribution in [0.3, 0.4) is 0 Å². The second-order valence-corrected chi connectivity index (χ2v) is 4.87. The number of phenols is 1. The van der Waals surface area contributed by atoms with E-state index in [1.807, 2.05) is 12.1 Å². The van der Waals surface area contributed by atoms with Crippen LogP contribution in [0, 0.1) is 5.92 Å². The molecule has 0 saturated carbocycles. The molecule has 0 fully saturated rings. The molecule has 0 aromatic heterocycles. The van der Waals surface area contributed by atoms with E-state index in [1.54, 1.807) is 13.2 Å². The van der Waals surface area contributed by atoms with Crippen molar-refractivity contribution in [2.24, 2.45) is 5.92 Å². The van der Waals surface area contributed by atoms with Crippen molar-refractivity contribution in [3.05, 3.63) is 23.8 Å². The predicted octanol–water partition coefficient (Wildman–Crippen LogP) is 2.88. The Morgan fingerprint density at radius 3 is 2.47 bits per heavy atom. The zero-order valence-electron chi connectivity index (χ0n) is 11.4. The van der Waals surface area contributed by atoms with Gasteiger partial charge in [0.2, 0.25) is 0 Å². The van der Waals surface area contributed by atoms with Crippen molar-refractivity contribution in [1.29, 1.82) is 0 Å². The molecule has 17 heavy (non-hydrogen) atoms. The Morgan fingerprint density at radius 2 is 1.94 bits per heavy atom. The zero-order chi connectivity index (χ0) is 13.0. The Bertz CT molecular complexity index is 363. The van der Waals surface area contributed by atoms with Gasteiger partial charge in [0.15, 0.2) is 11.5 Å². The molecule has 0 aliphatic heterocycles. The Hall–Kier alpha value is -1.22. The maximum absolute atomic E-state index is 10.0. The van der Waals surface area contributed by atoms with Crippen LogP contribution in [-0.2, 0) is 6.54 Å². The van der Waals surface area contributed by atoms with Crippen molar-refractivity contribution in [2.75, 3.05) is 14.2 Å². The second kappa shape index (κ2) is 5.92. The van der Waals surface area contributed by atoms with Crippen LogP contribution in [0.25, 0.3) is 0 Å². The molecule has 0 amide bonds. The number of benzene rings is 1. The van der Waals surface area contributed by atoms with E-state index in [-0.39, 0.29) is 5.75 Å². The SMILES string of the molecule is COc1cccc(CN(C)C(C)C(C)C)c1O. The van der Waals surface area contributed by atoms with Crippen LogP contribution in [-0.4, -0.2) is 30.2 Å². The lowest BCUT2D eigenvalue weighted by molar-refractivity contribution is 0.198. The summed E-state index contributed by atoms with van der Waals surface area (Å²) >= 11 is 0. The third kappa shape index (κ3) is 3.37. The minimum atomic E-state index is 0.248. The van der Waals surface area contributed by atoms with Gasteiger partial charge in [0.05, 0.1) is 7.11 Å². The molecule has 0 spiro atoms. The maximum Gasteiger partial charge on any atom is 0.162 e. The molecule has 0 aliphatic rings. The molecular weight excluding hydrogens is 214 g/mol. The fourth-order valence-corrected chi connectivity index (χ4v) is 1.78. The van der Waals surface area contributed by atoms with Gasteiger partial charge in [0, 0.05) is 18.2 Å². The Labute approximate surface area is 104 Å². The van der Waals surface area contributed by atoms with Crippen LogP contribution in [0.15, 0.2) is 18.2 Å². The molecule has 0 bridgehead atoms. The van der Waals surface area contributed by atoms with Gasteiger partial charge in [-0.25, -0.2) is 0 Å². The molecule has 1 unspecified atom stereocenters. The maximum atomic E-state index is 10.0. The van der Waals surface area contributed by atoms with Crippen LogP contribution in [0.5, 0.6) is 11.5 Å². The monoisotopic (exact) mass is 237 g/mol. The Kier molecular flexibility index (Phi) is 4.82. The van der Waals surface area contributed by atoms with Gasteiger partial charge in [0.25, 0.3) is 0 Å². The number of nitrogens with zero attached hydrogens (tertiary/aromatic N) is 1. The van der Waals surface area contributed by atoms with Crippen molar-refractivity contribution >= 4 is 0 Å². The minimum absolute atomic E-state index is 0.248. The summed E-state index contributed by atoms with van der Waals surface area (Å²) in [5.41, 5.74) is 0.902. The highest BCUT2D eigenvalue weighted by atomic mass is 16.5. The molecule has 1 rings (SSSR count). The molecule has 1 atom stereocenters. The summed E-state index contributed by atoms with van der Waals surface area (Å²) in [4.78, 5) is 2.24. The molecule has 3 nitrogen and oxygen atoms in total. The highest BCUT2D eigenvalue weighted by Gasteiger charge is 2.15. The van der Waals surface area contributed by atoms with E-state index in [9.17, 15) is 5.11 Å². The lowest BCUT2D eigenvalue weighted by atomic mass is 10.0. The number of para-hydroxylation sites is 1. The van der Waals surface area contributed by atoms with Crippen molar-refractivity contribution in [3.8, 4) is 11.5 Å². The quantitative estimate of drug-likeness (QED) is 0.854. The highest BCUT2D eigenvalue weighted by molar-refractivity contribution is 5.45. The van der Waals surface area contributed by atoms with Gasteiger partial charge in [-0.15, -0.1) is 0 Å². The van der Waals surface area contributed by atoms with Gasteiger partial charge in [-0.05, 0) is 26.0 Å². The molecule has 96 valence electrons. The number of aromatic hydroxyl groups is 1. The zero-order valence-corrected chi connectivity index (χ0v) is 11.4. The molecule has 1 N–H and O–H groups in total. The molecule has 0 saturated heterocycles. The first-order valence-electron chi connectivity index (χ1n) is 6.02. The first-order valence-corrected chi connectivity index (χ1v) is 6.02. The lowest BCUT2D eigenvalue weighted by Crippen LogP contribution is -2.32. The number of methoxy groups -OCH3 is 1. The van der Waals surface area contributed by atoms with E-state index in [0.29, 0.717) is 17.7 Å². The smallest absolute Gasteiger partial charge is 0.162 e. The van der Waals surface area contributed by atoms with Crippen LogP contribution in [0.2, 0.25) is 0 Å². The summed E-state index contributed by atoms with van der Waals surface area (Å²) in [6, 6.07) is 6.08. The predicted molar refractivity (Wildman–Crippen MR) is 70.4 cm³/mol. The van der Waals surface area contributed by atoms with Crippen LogP contribution in [0.1, 0.15) is 26.3 Å². The summed E-state index contributed by atoms with van der Waals surface area (Å²) in [6.07, 6.45) is 0. The van der Waals surface area contributed by atoms with Crippen molar-refractivity contribution < 1.29 is 9.84 Å². The molecule has 3 heteroatoms. The average Bonchev–Trinajstić information content (AvgIpc) is 2.30. The van der Waals surface area contributed by atoms with E-state index in [1.165, 1.54) is 0 Å². The number of rotatable bonds is 5. The molecule has 0 heterocycles. The third-order valence-electron chi connectivity index (χ3n) is 3.38. The molecule has 0 radical (unpaired) electrons. The van der Waals surface area contributed by atoms with Crippen molar-refractivity contribution in [2.45, 2.75) is 33.4 Å². The average molecular weight is 237 g/mol. The van der Waals surface area contributed by atoms with Crippen LogP contribution < -0.4 is 4.74 Å². The van der Waals surface area contributed by atoms with Gasteiger partial charge in [0.1, 0.15) is 0 Å². The Balaban J connectivity index is 2.81. The van der Waals surface area contributed by atoms with E-state index in [0.717, 1.165) is 12.1 Å². The second-order valence-electron chi connectivity index (χ2n) is 4.87. The topological polar surface area (TPSA) is 32.7 Å². The molecule has 0 aliphatic carbocycles. The largest absolute Gasteiger partial charge is 0.504 e. The number of hydrogen-bond acceptors (Lipinski definition) is 3. The van der Waals surface area contributed by atoms with E-state index in [4.69, 9.17) is 4.74 Å². The summed E-state index contributed by atoms with van der Waals surface area (Å²) in [6.45, 7) is 7.32. The Morgan fingerprint density at radius 1 is 1.29 bits per heavy atom. The van der Waals surface area contributed by atoms with Crippen molar-refractivity contribution in [3.63, 3.8) is 0 Å². The van der Waals surface area contributed by atoms with Gasteiger partial charge in [-0.1, -0.05) is 26.0 Å². The first kappa shape index (κ1) is 13.8. The summed E-state index contributed by atoms with van der Waals surface area (Å²) in [5.74, 6) is 1.37. The number of hydrogen-bond donors (Lipinski definition) is 1. The van der Waals surface area contributed by atoms with E-state index < -0.39 is 0 Å². The first-order chi connectivity index (χ1) is 7.97. The molecule has 1 aromatic carbocycles. The number of phenolic OH excluding ortho intramolecular Hbond substituents is 1. The lowest BCUT2D eigenvalue weighted by Gasteiger charge is -2.28. The third-order valence-corrected chi connectivity index (χ3v) is 3.38. The summed E-state index contributed by atoms with van der Waals surface area (Å²) in [7, 11) is 3.64. The summed E-state index contributed by atoms with van der Waals surface area (Å²) in [5, 5.41) is 10.0.